The van der Waals surface area contributed by atoms with Gasteiger partial charge in [0.05, 0.1) is 0 Å². The topological polar surface area (TPSA) is 0 Å². The highest BCUT2D eigenvalue weighted by molar-refractivity contribution is 5.14. The van der Waals surface area contributed by atoms with Crippen molar-refractivity contribution in [2.45, 2.75) is 12.8 Å². The van der Waals surface area contributed by atoms with Crippen molar-refractivity contribution < 1.29 is 0 Å². The van der Waals surface area contributed by atoms with Crippen molar-refractivity contribution in [3.05, 3.63) is 60.8 Å². The van der Waals surface area contributed by atoms with Gasteiger partial charge in [-0.3, -0.25) is 0 Å². The molecule has 0 saturated carbocycles. The van der Waals surface area contributed by atoms with Crippen molar-refractivity contribution in [2.75, 3.05) is 0 Å². The Labute approximate surface area is 74.3 Å². The quantitative estimate of drug-likeness (QED) is 0.473. The van der Waals surface area contributed by atoms with Gasteiger partial charge in [0, 0.05) is 0 Å². The second kappa shape index (κ2) is 6.41. The van der Waals surface area contributed by atoms with Crippen LogP contribution < -0.4 is 0 Å². The summed E-state index contributed by atoms with van der Waals surface area (Å²) >= 11 is 0. The first-order valence-electron chi connectivity index (χ1n) is 4.21. The van der Waals surface area contributed by atoms with Gasteiger partial charge in [0.15, 0.2) is 0 Å². The van der Waals surface area contributed by atoms with Crippen LogP contribution in [0.25, 0.3) is 0 Å². The Morgan fingerprint density at radius 1 is 0.750 bits per heavy atom. The van der Waals surface area contributed by atoms with E-state index in [0.29, 0.717) is 0 Å². The molecular formula is C12H13. The SMILES string of the molecule is [C]1=C\C=C\C=C/C/C=C/C/C=C/1. The van der Waals surface area contributed by atoms with Crippen LogP contribution in [0, 0.1) is 6.08 Å². The van der Waals surface area contributed by atoms with Gasteiger partial charge >= 0.3 is 0 Å². The van der Waals surface area contributed by atoms with Crippen LogP contribution in [0.2, 0.25) is 0 Å². The fourth-order valence-corrected chi connectivity index (χ4v) is 0.874. The highest BCUT2D eigenvalue weighted by atomic mass is 13.8. The lowest BCUT2D eigenvalue weighted by Gasteiger charge is -1.83. The molecule has 0 heterocycles. The highest BCUT2D eigenvalue weighted by Gasteiger charge is 1.72. The summed E-state index contributed by atoms with van der Waals surface area (Å²) in [5, 5.41) is 0. The predicted octanol–water partition coefficient (Wildman–Crippen LogP) is 3.36. The minimum atomic E-state index is 0.998. The average Bonchev–Trinajstić information content (AvgIpc) is 2.05. The van der Waals surface area contributed by atoms with Crippen LogP contribution in [0.5, 0.6) is 0 Å². The van der Waals surface area contributed by atoms with Crippen LogP contribution in [0.1, 0.15) is 12.8 Å². The molecule has 0 amide bonds. The van der Waals surface area contributed by atoms with E-state index in [4.69, 9.17) is 0 Å². The Morgan fingerprint density at radius 3 is 2.50 bits per heavy atom. The van der Waals surface area contributed by atoms with Crippen LogP contribution in [-0.2, 0) is 0 Å². The number of hydrogen-bond donors (Lipinski definition) is 0. The Morgan fingerprint density at radius 2 is 1.58 bits per heavy atom. The molecule has 1 aliphatic carbocycles. The molecular weight excluding hydrogens is 144 g/mol. The second-order valence-electron chi connectivity index (χ2n) is 2.49. The summed E-state index contributed by atoms with van der Waals surface area (Å²) in [6.07, 6.45) is 23.5. The lowest BCUT2D eigenvalue weighted by Crippen LogP contribution is -1.62. The van der Waals surface area contributed by atoms with Crippen molar-refractivity contribution in [2.24, 2.45) is 0 Å². The fraction of sp³-hybridized carbons (Fsp3) is 0.167. The van der Waals surface area contributed by atoms with Gasteiger partial charge in [-0.05, 0) is 18.9 Å². The van der Waals surface area contributed by atoms with Crippen molar-refractivity contribution in [1.29, 1.82) is 0 Å². The van der Waals surface area contributed by atoms with E-state index in [9.17, 15) is 0 Å². The van der Waals surface area contributed by atoms with Crippen LogP contribution in [0.3, 0.4) is 0 Å². The summed E-state index contributed by atoms with van der Waals surface area (Å²) in [5.74, 6) is 0. The van der Waals surface area contributed by atoms with Crippen LogP contribution in [0.4, 0.5) is 0 Å². The third-order valence-corrected chi connectivity index (χ3v) is 1.48. The molecule has 1 aliphatic rings. The zero-order chi connectivity index (χ0) is 8.49. The van der Waals surface area contributed by atoms with Gasteiger partial charge in [0.25, 0.3) is 0 Å². The third-order valence-electron chi connectivity index (χ3n) is 1.48. The first-order chi connectivity index (χ1) is 6.00. The Hall–Kier alpha value is -1.30. The molecule has 0 aliphatic heterocycles. The molecule has 0 aromatic rings. The van der Waals surface area contributed by atoms with E-state index < -0.39 is 0 Å². The molecule has 0 spiro atoms. The van der Waals surface area contributed by atoms with Gasteiger partial charge in [0.2, 0.25) is 0 Å². The molecule has 0 saturated heterocycles. The van der Waals surface area contributed by atoms with Crippen molar-refractivity contribution >= 4 is 0 Å². The van der Waals surface area contributed by atoms with E-state index in [1.54, 1.807) is 0 Å². The van der Waals surface area contributed by atoms with Gasteiger partial charge in [0.1, 0.15) is 0 Å². The van der Waals surface area contributed by atoms with E-state index in [1.807, 2.05) is 30.4 Å². The Kier molecular flexibility index (Phi) is 4.70. The standard InChI is InChI=1S/C12H13/c1-2-4-6-8-10-12-11-9-7-5-3-1/h1-5,8-11H,6,12H2/b3-1+,4-2-,7-5?,10-8+,11-9+. The van der Waals surface area contributed by atoms with E-state index >= 15 is 0 Å². The molecule has 12 heavy (non-hydrogen) atoms. The zero-order valence-electron chi connectivity index (χ0n) is 7.11. The molecule has 0 atom stereocenters. The summed E-state index contributed by atoms with van der Waals surface area (Å²) in [4.78, 5) is 0. The molecule has 1 radical (unpaired) electrons. The van der Waals surface area contributed by atoms with Crippen molar-refractivity contribution in [3.8, 4) is 0 Å². The molecule has 0 heteroatoms. The molecule has 0 bridgehead atoms. The molecule has 1 rings (SSSR count). The number of hydrogen-bond acceptors (Lipinski definition) is 0. The highest BCUT2D eigenvalue weighted by Crippen LogP contribution is 1.93. The summed E-state index contributed by atoms with van der Waals surface area (Å²) in [6, 6.07) is 0. The van der Waals surface area contributed by atoms with E-state index in [2.05, 4.69) is 30.4 Å². The lowest BCUT2D eigenvalue weighted by atomic mass is 10.2. The maximum Gasteiger partial charge on any atom is -0.0166 e. The van der Waals surface area contributed by atoms with Gasteiger partial charge in [-0.15, -0.1) is 0 Å². The summed E-state index contributed by atoms with van der Waals surface area (Å²) in [7, 11) is 0. The van der Waals surface area contributed by atoms with Crippen LogP contribution in [-0.4, -0.2) is 0 Å². The maximum atomic E-state index is 3.04. The molecule has 0 unspecified atom stereocenters. The zero-order valence-corrected chi connectivity index (χ0v) is 7.11. The molecule has 0 aromatic heterocycles. The maximum absolute atomic E-state index is 3.04. The minimum absolute atomic E-state index is 0.998. The van der Waals surface area contributed by atoms with E-state index in [1.165, 1.54) is 0 Å². The van der Waals surface area contributed by atoms with Gasteiger partial charge in [-0.1, -0.05) is 54.7 Å². The summed E-state index contributed by atoms with van der Waals surface area (Å²) < 4.78 is 0. The van der Waals surface area contributed by atoms with Gasteiger partial charge in [-0.25, -0.2) is 0 Å². The number of rotatable bonds is 0. The molecule has 0 fully saturated rings. The average molecular weight is 157 g/mol. The van der Waals surface area contributed by atoms with Crippen molar-refractivity contribution in [1.82, 2.24) is 0 Å². The summed E-state index contributed by atoms with van der Waals surface area (Å²) in [5.41, 5.74) is 0. The first-order valence-corrected chi connectivity index (χ1v) is 4.21. The first kappa shape index (κ1) is 8.79. The lowest BCUT2D eigenvalue weighted by molar-refractivity contribution is 1.31. The van der Waals surface area contributed by atoms with Gasteiger partial charge < -0.3 is 0 Å². The predicted molar refractivity (Wildman–Crippen MR) is 53.6 cm³/mol. The van der Waals surface area contributed by atoms with Gasteiger partial charge in [-0.2, -0.15) is 0 Å². The Bertz CT molecular complexity index is 211. The smallest absolute Gasteiger partial charge is 0.0166 e. The van der Waals surface area contributed by atoms with E-state index in [0.717, 1.165) is 12.8 Å². The molecule has 0 nitrogen and oxygen atoms in total. The second-order valence-corrected chi connectivity index (χ2v) is 2.49. The van der Waals surface area contributed by atoms with Crippen LogP contribution in [0.15, 0.2) is 54.7 Å². The van der Waals surface area contributed by atoms with Crippen LogP contribution >= 0.6 is 0 Å². The van der Waals surface area contributed by atoms with Crippen molar-refractivity contribution in [3.63, 3.8) is 0 Å². The molecule has 0 aromatic carbocycles. The molecule has 61 valence electrons. The molecule has 0 N–H and O–H groups in total. The third kappa shape index (κ3) is 4.51. The largest absolute Gasteiger partial charge is 0.0844 e. The monoisotopic (exact) mass is 157 g/mol. The minimum Gasteiger partial charge on any atom is -0.0844 e. The fourth-order valence-electron chi connectivity index (χ4n) is 0.874. The normalized spacial score (nSPS) is 30.7. The van der Waals surface area contributed by atoms with E-state index in [-0.39, 0.29) is 0 Å². The number of allylic oxidation sites excluding steroid dienone is 10. The Balaban J connectivity index is 2.55. The summed E-state index contributed by atoms with van der Waals surface area (Å²) in [6.45, 7) is 0.